The van der Waals surface area contributed by atoms with Crippen molar-refractivity contribution >= 4 is 5.91 Å². The molecule has 1 aromatic rings. The average Bonchev–Trinajstić information content (AvgIpc) is 3.00. The second-order valence-electron chi connectivity index (χ2n) is 10.4. The zero-order valence-corrected chi connectivity index (χ0v) is 18.5. The Labute approximate surface area is 171 Å². The van der Waals surface area contributed by atoms with Crippen LogP contribution in [0.1, 0.15) is 70.4 Å². The third kappa shape index (κ3) is 5.81. The fraction of sp³-hybridized carbons (Fsp3) is 0.708. The van der Waals surface area contributed by atoms with Gasteiger partial charge in [-0.05, 0) is 83.4 Å². The normalized spacial score (nSPS) is 25.0. The van der Waals surface area contributed by atoms with Crippen molar-refractivity contribution in [3.05, 3.63) is 35.4 Å². The van der Waals surface area contributed by atoms with Crippen LogP contribution >= 0.6 is 0 Å². The van der Waals surface area contributed by atoms with E-state index >= 15 is 0 Å². The molecule has 4 nitrogen and oxygen atoms in total. The highest BCUT2D eigenvalue weighted by Crippen LogP contribution is 2.34. The van der Waals surface area contributed by atoms with E-state index in [1.54, 1.807) is 0 Å². The molecule has 28 heavy (non-hydrogen) atoms. The summed E-state index contributed by atoms with van der Waals surface area (Å²) in [5.41, 5.74) is 3.10. The fourth-order valence-corrected chi connectivity index (χ4v) is 5.70. The van der Waals surface area contributed by atoms with E-state index in [4.69, 9.17) is 0 Å². The number of benzene rings is 1. The Hall–Kier alpha value is -1.39. The molecule has 1 amide bonds. The number of likely N-dealkylation sites (tertiary alicyclic amines) is 1. The van der Waals surface area contributed by atoms with Crippen molar-refractivity contribution in [1.82, 2.24) is 15.5 Å². The summed E-state index contributed by atoms with van der Waals surface area (Å²) in [5, 5.41) is 6.88. The minimum absolute atomic E-state index is 0.104. The highest BCUT2D eigenvalue weighted by atomic mass is 16.1. The van der Waals surface area contributed by atoms with Gasteiger partial charge in [-0.25, -0.2) is 0 Å². The SMILES string of the molecule is Cc1ccccc1C1CCN(CCNC(=O)CC2CC(C)(C)NC(C)(C)C2)C1. The molecule has 0 saturated carbocycles. The summed E-state index contributed by atoms with van der Waals surface area (Å²) in [4.78, 5) is 15.0. The minimum atomic E-state index is 0.104. The molecule has 0 radical (unpaired) electrons. The molecule has 2 fully saturated rings. The lowest BCUT2D eigenvalue weighted by Crippen LogP contribution is -2.58. The molecule has 1 unspecified atom stereocenters. The van der Waals surface area contributed by atoms with E-state index in [2.05, 4.69) is 74.4 Å². The van der Waals surface area contributed by atoms with Gasteiger partial charge in [-0.15, -0.1) is 0 Å². The van der Waals surface area contributed by atoms with Gasteiger partial charge in [0.1, 0.15) is 0 Å². The topological polar surface area (TPSA) is 44.4 Å². The number of carbonyl (C=O) groups is 1. The molecule has 0 aliphatic carbocycles. The van der Waals surface area contributed by atoms with E-state index in [0.29, 0.717) is 18.3 Å². The van der Waals surface area contributed by atoms with Gasteiger partial charge in [0.2, 0.25) is 5.91 Å². The second kappa shape index (κ2) is 8.54. The summed E-state index contributed by atoms with van der Waals surface area (Å²) in [6.07, 6.45) is 4.00. The molecule has 2 saturated heterocycles. The van der Waals surface area contributed by atoms with Crippen molar-refractivity contribution in [1.29, 1.82) is 0 Å². The van der Waals surface area contributed by atoms with Crippen LogP contribution in [0.5, 0.6) is 0 Å². The van der Waals surface area contributed by atoms with E-state index in [-0.39, 0.29) is 17.0 Å². The van der Waals surface area contributed by atoms with E-state index in [1.165, 1.54) is 17.5 Å². The number of hydrogen-bond acceptors (Lipinski definition) is 3. The molecule has 4 heteroatoms. The summed E-state index contributed by atoms with van der Waals surface area (Å²) < 4.78 is 0. The van der Waals surface area contributed by atoms with E-state index < -0.39 is 0 Å². The summed E-state index contributed by atoms with van der Waals surface area (Å²) in [6, 6.07) is 8.75. The Kier molecular flexibility index (Phi) is 6.51. The van der Waals surface area contributed by atoms with E-state index in [0.717, 1.165) is 39.0 Å². The third-order valence-electron chi connectivity index (χ3n) is 6.40. The summed E-state index contributed by atoms with van der Waals surface area (Å²) in [7, 11) is 0. The predicted molar refractivity (Wildman–Crippen MR) is 117 cm³/mol. The molecular formula is C24H39N3O. The lowest BCUT2D eigenvalue weighted by atomic mass is 9.74. The van der Waals surface area contributed by atoms with Crippen LogP contribution in [0.3, 0.4) is 0 Å². The van der Waals surface area contributed by atoms with Crippen molar-refractivity contribution in [2.24, 2.45) is 5.92 Å². The maximum Gasteiger partial charge on any atom is 0.220 e. The zero-order chi connectivity index (χ0) is 20.4. The maximum absolute atomic E-state index is 12.5. The molecular weight excluding hydrogens is 346 g/mol. The number of aryl methyl sites for hydroxylation is 1. The molecule has 0 spiro atoms. The maximum atomic E-state index is 12.5. The van der Waals surface area contributed by atoms with Gasteiger partial charge < -0.3 is 15.5 Å². The quantitative estimate of drug-likeness (QED) is 0.782. The monoisotopic (exact) mass is 385 g/mol. The molecule has 0 bridgehead atoms. The molecule has 1 atom stereocenters. The summed E-state index contributed by atoms with van der Waals surface area (Å²) in [5.74, 6) is 1.31. The van der Waals surface area contributed by atoms with Crippen LogP contribution < -0.4 is 10.6 Å². The molecule has 156 valence electrons. The smallest absolute Gasteiger partial charge is 0.220 e. The first kappa shape index (κ1) is 21.3. The van der Waals surface area contributed by atoms with Crippen LogP contribution in [-0.4, -0.2) is 48.1 Å². The third-order valence-corrected chi connectivity index (χ3v) is 6.40. The van der Waals surface area contributed by atoms with Crippen molar-refractivity contribution in [3.8, 4) is 0 Å². The molecule has 2 heterocycles. The van der Waals surface area contributed by atoms with Crippen LogP contribution in [0.2, 0.25) is 0 Å². The number of piperidine rings is 1. The molecule has 2 aliphatic heterocycles. The van der Waals surface area contributed by atoms with Crippen LogP contribution in [0.4, 0.5) is 0 Å². The van der Waals surface area contributed by atoms with Gasteiger partial charge in [-0.2, -0.15) is 0 Å². The van der Waals surface area contributed by atoms with Gasteiger partial charge in [0.05, 0.1) is 0 Å². The van der Waals surface area contributed by atoms with Crippen LogP contribution in [-0.2, 0) is 4.79 Å². The lowest BCUT2D eigenvalue weighted by Gasteiger charge is -2.46. The lowest BCUT2D eigenvalue weighted by molar-refractivity contribution is -0.122. The highest BCUT2D eigenvalue weighted by molar-refractivity contribution is 5.76. The first-order valence-corrected chi connectivity index (χ1v) is 11.0. The summed E-state index contributed by atoms with van der Waals surface area (Å²) in [6.45, 7) is 15.2. The zero-order valence-electron chi connectivity index (χ0n) is 18.5. The van der Waals surface area contributed by atoms with Crippen LogP contribution in [0.25, 0.3) is 0 Å². The van der Waals surface area contributed by atoms with Gasteiger partial charge in [-0.1, -0.05) is 24.3 Å². The second-order valence-corrected chi connectivity index (χ2v) is 10.4. The Bertz CT molecular complexity index is 666. The molecule has 2 aliphatic rings. The minimum Gasteiger partial charge on any atom is -0.355 e. The molecule has 1 aromatic carbocycles. The largest absolute Gasteiger partial charge is 0.355 e. The first-order chi connectivity index (χ1) is 13.1. The van der Waals surface area contributed by atoms with Gasteiger partial charge in [0.15, 0.2) is 0 Å². The highest BCUT2D eigenvalue weighted by Gasteiger charge is 2.38. The number of rotatable bonds is 6. The number of nitrogens with one attached hydrogen (secondary N) is 2. The van der Waals surface area contributed by atoms with Gasteiger partial charge in [0.25, 0.3) is 0 Å². The Balaban J connectivity index is 1.40. The van der Waals surface area contributed by atoms with Gasteiger partial charge in [-0.3, -0.25) is 4.79 Å². The number of carbonyl (C=O) groups excluding carboxylic acids is 1. The standard InChI is InChI=1S/C24H39N3O/c1-18-8-6-7-9-21(18)20-10-12-27(17-20)13-11-25-22(28)14-19-15-23(2,3)26-24(4,5)16-19/h6-9,19-20,26H,10-17H2,1-5H3,(H,25,28). The van der Waals surface area contributed by atoms with E-state index in [9.17, 15) is 4.79 Å². The van der Waals surface area contributed by atoms with Crippen LogP contribution in [0.15, 0.2) is 24.3 Å². The molecule has 2 N–H and O–H groups in total. The van der Waals surface area contributed by atoms with Crippen molar-refractivity contribution in [2.75, 3.05) is 26.2 Å². The van der Waals surface area contributed by atoms with Crippen molar-refractivity contribution < 1.29 is 4.79 Å². The summed E-state index contributed by atoms with van der Waals surface area (Å²) >= 11 is 0. The Morgan fingerprint density at radius 3 is 2.54 bits per heavy atom. The van der Waals surface area contributed by atoms with Gasteiger partial charge in [0, 0.05) is 37.1 Å². The molecule has 0 aromatic heterocycles. The molecule has 3 rings (SSSR count). The number of hydrogen-bond donors (Lipinski definition) is 2. The number of amides is 1. The Morgan fingerprint density at radius 1 is 1.18 bits per heavy atom. The first-order valence-electron chi connectivity index (χ1n) is 11.0. The van der Waals surface area contributed by atoms with Crippen molar-refractivity contribution in [3.63, 3.8) is 0 Å². The number of nitrogens with zero attached hydrogens (tertiary/aromatic N) is 1. The van der Waals surface area contributed by atoms with Crippen molar-refractivity contribution in [2.45, 2.75) is 77.3 Å². The Morgan fingerprint density at radius 2 is 1.86 bits per heavy atom. The van der Waals surface area contributed by atoms with Crippen LogP contribution in [0, 0.1) is 12.8 Å². The average molecular weight is 386 g/mol. The van der Waals surface area contributed by atoms with Gasteiger partial charge >= 0.3 is 0 Å². The van der Waals surface area contributed by atoms with E-state index in [1.807, 2.05) is 0 Å². The fourth-order valence-electron chi connectivity index (χ4n) is 5.70. The predicted octanol–water partition coefficient (Wildman–Crippen LogP) is 3.85.